The van der Waals surface area contributed by atoms with Gasteiger partial charge in [-0.1, -0.05) is 26.2 Å². The van der Waals surface area contributed by atoms with Crippen LogP contribution in [0.4, 0.5) is 0 Å². The Morgan fingerprint density at radius 2 is 1.86 bits per heavy atom. The number of H-pyrrole nitrogens is 1. The molecule has 0 radical (unpaired) electrons. The van der Waals surface area contributed by atoms with Crippen molar-refractivity contribution in [2.24, 2.45) is 0 Å². The highest BCUT2D eigenvalue weighted by molar-refractivity contribution is 7.71. The number of rotatable bonds is 4. The first-order chi connectivity index (χ1) is 14.1. The third-order valence-corrected chi connectivity index (χ3v) is 6.69. The minimum Gasteiger partial charge on any atom is -0.336 e. The Bertz CT molecular complexity index is 998. The molecule has 1 aliphatic heterocycles. The maximum atomic E-state index is 13.0. The van der Waals surface area contributed by atoms with Crippen LogP contribution in [-0.2, 0) is 6.54 Å². The van der Waals surface area contributed by atoms with E-state index in [1.165, 1.54) is 32.1 Å². The van der Waals surface area contributed by atoms with Crippen molar-refractivity contribution in [2.45, 2.75) is 58.0 Å². The van der Waals surface area contributed by atoms with Gasteiger partial charge >= 0.3 is 0 Å². The number of fused-ring (bicyclic) bond motifs is 1. The number of nitrogens with one attached hydrogen (secondary N) is 1. The van der Waals surface area contributed by atoms with E-state index in [1.54, 1.807) is 22.8 Å². The van der Waals surface area contributed by atoms with Gasteiger partial charge in [-0.3, -0.25) is 19.1 Å². The minimum absolute atomic E-state index is 0.0345. The molecule has 7 heteroatoms. The fourth-order valence-electron chi connectivity index (χ4n) is 4.73. The van der Waals surface area contributed by atoms with E-state index in [2.05, 4.69) is 9.88 Å². The van der Waals surface area contributed by atoms with Crippen LogP contribution >= 0.6 is 12.2 Å². The molecule has 0 unspecified atom stereocenters. The molecule has 1 saturated carbocycles. The monoisotopic (exact) mass is 414 g/mol. The van der Waals surface area contributed by atoms with Crippen molar-refractivity contribution in [2.75, 3.05) is 26.2 Å². The van der Waals surface area contributed by atoms with E-state index in [0.29, 0.717) is 33.8 Å². The Balaban J connectivity index is 1.49. The van der Waals surface area contributed by atoms with Gasteiger partial charge in [-0.15, -0.1) is 0 Å². The molecule has 0 bridgehead atoms. The van der Waals surface area contributed by atoms with E-state index in [0.717, 1.165) is 32.6 Å². The van der Waals surface area contributed by atoms with Crippen molar-refractivity contribution in [3.8, 4) is 0 Å². The van der Waals surface area contributed by atoms with Gasteiger partial charge in [-0.2, -0.15) is 0 Å². The standard InChI is InChI=1S/C22H30N4O2S/c1-2-10-26-21(28)18-9-8-16(15-19(18)23-22(26)29)20(27)25-13-11-24(12-14-25)17-6-4-3-5-7-17/h8-9,15,17H,2-7,10-14H2,1H3,(H,23,29). The number of aromatic nitrogens is 2. The second kappa shape index (κ2) is 8.79. The molecule has 2 heterocycles. The molecule has 1 aliphatic carbocycles. The molecule has 1 aromatic heterocycles. The van der Waals surface area contributed by atoms with Crippen molar-refractivity contribution in [3.63, 3.8) is 0 Å². The first-order valence-electron chi connectivity index (χ1n) is 10.9. The van der Waals surface area contributed by atoms with E-state index in [9.17, 15) is 9.59 Å². The maximum Gasteiger partial charge on any atom is 0.262 e. The molecule has 0 atom stereocenters. The molecule has 156 valence electrons. The predicted molar refractivity (Wildman–Crippen MR) is 118 cm³/mol. The molecule has 1 saturated heterocycles. The van der Waals surface area contributed by atoms with Gasteiger partial charge in [0.1, 0.15) is 0 Å². The number of nitrogens with zero attached hydrogens (tertiary/aromatic N) is 3. The quantitative estimate of drug-likeness (QED) is 0.777. The molecule has 4 rings (SSSR count). The lowest BCUT2D eigenvalue weighted by atomic mass is 9.94. The second-order valence-electron chi connectivity index (χ2n) is 8.27. The van der Waals surface area contributed by atoms with Gasteiger partial charge in [0.05, 0.1) is 10.9 Å². The smallest absolute Gasteiger partial charge is 0.262 e. The van der Waals surface area contributed by atoms with Crippen LogP contribution in [0.25, 0.3) is 10.9 Å². The van der Waals surface area contributed by atoms with E-state index < -0.39 is 0 Å². The van der Waals surface area contributed by atoms with Gasteiger partial charge in [0, 0.05) is 44.3 Å². The molecule has 2 aromatic rings. The highest BCUT2D eigenvalue weighted by atomic mass is 32.1. The first-order valence-corrected chi connectivity index (χ1v) is 11.3. The van der Waals surface area contributed by atoms with Crippen LogP contribution in [0.3, 0.4) is 0 Å². The second-order valence-corrected chi connectivity index (χ2v) is 8.65. The van der Waals surface area contributed by atoms with E-state index in [1.807, 2.05) is 11.8 Å². The number of aromatic amines is 1. The highest BCUT2D eigenvalue weighted by Gasteiger charge is 2.27. The number of hydrogen-bond acceptors (Lipinski definition) is 4. The number of amides is 1. The Hall–Kier alpha value is -1.99. The number of piperazine rings is 1. The van der Waals surface area contributed by atoms with Crippen LogP contribution < -0.4 is 5.56 Å². The lowest BCUT2D eigenvalue weighted by Crippen LogP contribution is -2.52. The molecule has 6 nitrogen and oxygen atoms in total. The van der Waals surface area contributed by atoms with Gasteiger partial charge in [-0.05, 0) is 49.7 Å². The Kier molecular flexibility index (Phi) is 6.15. The first kappa shape index (κ1) is 20.3. The van der Waals surface area contributed by atoms with Crippen molar-refractivity contribution in [3.05, 3.63) is 38.9 Å². The van der Waals surface area contributed by atoms with Crippen LogP contribution in [-0.4, -0.2) is 57.5 Å². The van der Waals surface area contributed by atoms with Crippen molar-refractivity contribution in [1.29, 1.82) is 0 Å². The average molecular weight is 415 g/mol. The predicted octanol–water partition coefficient (Wildman–Crippen LogP) is 3.56. The van der Waals surface area contributed by atoms with Crippen LogP contribution in [0.15, 0.2) is 23.0 Å². The van der Waals surface area contributed by atoms with Crippen LogP contribution in [0.2, 0.25) is 0 Å². The third-order valence-electron chi connectivity index (χ3n) is 6.37. The zero-order chi connectivity index (χ0) is 20.4. The molecule has 1 N–H and O–H groups in total. The Morgan fingerprint density at radius 1 is 1.14 bits per heavy atom. The third kappa shape index (κ3) is 4.16. The summed E-state index contributed by atoms with van der Waals surface area (Å²) in [6.45, 7) is 6.04. The molecular formula is C22H30N4O2S. The highest BCUT2D eigenvalue weighted by Crippen LogP contribution is 2.24. The Labute approximate surface area is 176 Å². The summed E-state index contributed by atoms with van der Waals surface area (Å²) in [4.78, 5) is 33.4. The normalized spacial score (nSPS) is 19.0. The van der Waals surface area contributed by atoms with Crippen LogP contribution in [0, 0.1) is 4.77 Å². The fourth-order valence-corrected chi connectivity index (χ4v) is 5.02. The van der Waals surface area contributed by atoms with Crippen LogP contribution in [0.5, 0.6) is 0 Å². The maximum absolute atomic E-state index is 13.0. The summed E-state index contributed by atoms with van der Waals surface area (Å²) in [5.41, 5.74) is 1.16. The SMILES string of the molecule is CCCn1c(=S)[nH]c2cc(C(=O)N3CCN(C4CCCCC4)CC3)ccc2c1=O. The van der Waals surface area contributed by atoms with Gasteiger partial charge < -0.3 is 9.88 Å². The Morgan fingerprint density at radius 3 is 2.55 bits per heavy atom. The lowest BCUT2D eigenvalue weighted by Gasteiger charge is -2.40. The summed E-state index contributed by atoms with van der Waals surface area (Å²) in [6.07, 6.45) is 7.47. The largest absolute Gasteiger partial charge is 0.336 e. The van der Waals surface area contributed by atoms with Gasteiger partial charge in [-0.25, -0.2) is 0 Å². The zero-order valence-corrected chi connectivity index (χ0v) is 18.0. The molecule has 1 amide bonds. The van der Waals surface area contributed by atoms with Crippen molar-refractivity contribution >= 4 is 29.0 Å². The zero-order valence-electron chi connectivity index (χ0n) is 17.2. The van der Waals surface area contributed by atoms with Crippen LogP contribution in [0.1, 0.15) is 55.8 Å². The lowest BCUT2D eigenvalue weighted by molar-refractivity contribution is 0.0523. The van der Waals surface area contributed by atoms with Crippen molar-refractivity contribution in [1.82, 2.24) is 19.4 Å². The van der Waals surface area contributed by atoms with Gasteiger partial charge in [0.25, 0.3) is 11.5 Å². The van der Waals surface area contributed by atoms with Crippen molar-refractivity contribution < 1.29 is 4.79 Å². The summed E-state index contributed by atoms with van der Waals surface area (Å²) in [5, 5.41) is 0.575. The topological polar surface area (TPSA) is 61.3 Å². The molecule has 2 aliphatic rings. The molecule has 29 heavy (non-hydrogen) atoms. The van der Waals surface area contributed by atoms with Gasteiger partial charge in [0.2, 0.25) is 0 Å². The van der Waals surface area contributed by atoms with E-state index >= 15 is 0 Å². The summed E-state index contributed by atoms with van der Waals surface area (Å²) in [7, 11) is 0. The molecule has 1 aromatic carbocycles. The van der Waals surface area contributed by atoms with E-state index in [4.69, 9.17) is 12.2 Å². The average Bonchev–Trinajstić information content (AvgIpc) is 2.76. The molecule has 0 spiro atoms. The minimum atomic E-state index is -0.0919. The summed E-state index contributed by atoms with van der Waals surface area (Å²) in [5.74, 6) is 0.0345. The number of benzene rings is 1. The fraction of sp³-hybridized carbons (Fsp3) is 0.591. The molecule has 2 fully saturated rings. The number of hydrogen-bond donors (Lipinski definition) is 1. The van der Waals surface area contributed by atoms with E-state index in [-0.39, 0.29) is 11.5 Å². The molecular weight excluding hydrogens is 384 g/mol. The number of carbonyl (C=O) groups is 1. The summed E-state index contributed by atoms with van der Waals surface area (Å²) < 4.78 is 2.00. The number of carbonyl (C=O) groups excluding carboxylic acids is 1. The summed E-state index contributed by atoms with van der Waals surface area (Å²) in [6, 6.07) is 6.00. The van der Waals surface area contributed by atoms with Gasteiger partial charge in [0.15, 0.2) is 4.77 Å². The summed E-state index contributed by atoms with van der Waals surface area (Å²) >= 11 is 5.35.